The normalized spacial score (nSPS) is 17.4. The highest BCUT2D eigenvalue weighted by atomic mass is 35.5. The van der Waals surface area contributed by atoms with Gasteiger partial charge in [-0.1, -0.05) is 29.8 Å². The van der Waals surface area contributed by atoms with Crippen LogP contribution in [0.15, 0.2) is 60.7 Å². The number of carbonyl (C=O) groups excluding carboxylic acids is 2. The fraction of sp³-hybridized carbons (Fsp3) is 0.258. The fourth-order valence-electron chi connectivity index (χ4n) is 5.92. The van der Waals surface area contributed by atoms with E-state index in [1.54, 1.807) is 36.3 Å². The molecule has 0 bridgehead atoms. The second-order valence-corrected chi connectivity index (χ2v) is 11.1. The number of benzene rings is 3. The van der Waals surface area contributed by atoms with Crippen molar-refractivity contribution in [1.82, 2.24) is 9.55 Å². The van der Waals surface area contributed by atoms with E-state index in [-0.39, 0.29) is 23.6 Å². The number of ether oxygens (including phenoxy) is 1. The first-order chi connectivity index (χ1) is 19.1. The van der Waals surface area contributed by atoms with E-state index in [0.29, 0.717) is 39.2 Å². The number of hydrogen-bond acceptors (Lipinski definition) is 5. The monoisotopic (exact) mass is 555 g/mol. The SMILES string of the molecule is COc1cc(N(C)C)ccc1-c1nc2c(n1C(C)C)C1(C(=O)Nc3cc(C)ccc31)N(c1cccc(Cl)c1)C2=O. The molecule has 1 N–H and O–H groups in total. The van der Waals surface area contributed by atoms with Crippen LogP contribution in [0.25, 0.3) is 11.4 Å². The van der Waals surface area contributed by atoms with Gasteiger partial charge < -0.3 is 19.5 Å². The molecule has 3 aromatic carbocycles. The Morgan fingerprint density at radius 2 is 1.82 bits per heavy atom. The number of halogens is 1. The number of nitrogens with zero attached hydrogens (tertiary/aromatic N) is 4. The van der Waals surface area contributed by atoms with Gasteiger partial charge in [0.25, 0.3) is 11.8 Å². The summed E-state index contributed by atoms with van der Waals surface area (Å²) in [4.78, 5) is 37.2. The van der Waals surface area contributed by atoms with E-state index in [2.05, 4.69) is 5.32 Å². The molecule has 1 spiro atoms. The minimum Gasteiger partial charge on any atom is -0.496 e. The largest absolute Gasteiger partial charge is 0.496 e. The Labute approximate surface area is 238 Å². The number of carbonyl (C=O) groups is 2. The van der Waals surface area contributed by atoms with Crippen LogP contribution in [-0.2, 0) is 10.3 Å². The van der Waals surface area contributed by atoms with Gasteiger partial charge in [0.15, 0.2) is 11.2 Å². The first-order valence-corrected chi connectivity index (χ1v) is 13.5. The molecule has 9 heteroatoms. The molecular formula is C31H30ClN5O3. The molecule has 0 saturated heterocycles. The number of amides is 2. The maximum absolute atomic E-state index is 14.4. The van der Waals surface area contributed by atoms with Crippen molar-refractivity contribution in [3.05, 3.63) is 88.2 Å². The van der Waals surface area contributed by atoms with Gasteiger partial charge in [-0.3, -0.25) is 14.5 Å². The van der Waals surface area contributed by atoms with Gasteiger partial charge in [-0.15, -0.1) is 0 Å². The molecule has 2 aliphatic rings. The fourth-order valence-corrected chi connectivity index (χ4v) is 6.11. The Balaban J connectivity index is 1.70. The lowest BCUT2D eigenvalue weighted by Gasteiger charge is -2.35. The molecule has 6 rings (SSSR count). The highest BCUT2D eigenvalue weighted by Crippen LogP contribution is 2.54. The quantitative estimate of drug-likeness (QED) is 0.325. The van der Waals surface area contributed by atoms with E-state index in [9.17, 15) is 9.59 Å². The molecule has 1 aromatic heterocycles. The predicted molar refractivity (Wildman–Crippen MR) is 158 cm³/mol. The highest BCUT2D eigenvalue weighted by Gasteiger charge is 2.64. The maximum atomic E-state index is 14.4. The van der Waals surface area contributed by atoms with Crippen molar-refractivity contribution in [2.45, 2.75) is 32.4 Å². The molecule has 3 heterocycles. The Bertz CT molecular complexity index is 1710. The van der Waals surface area contributed by atoms with Crippen LogP contribution in [0.5, 0.6) is 5.75 Å². The van der Waals surface area contributed by atoms with Gasteiger partial charge in [-0.05, 0) is 62.7 Å². The van der Waals surface area contributed by atoms with Gasteiger partial charge in [0.1, 0.15) is 11.6 Å². The van der Waals surface area contributed by atoms with Gasteiger partial charge in [-0.25, -0.2) is 4.98 Å². The first-order valence-electron chi connectivity index (χ1n) is 13.1. The highest BCUT2D eigenvalue weighted by molar-refractivity contribution is 6.31. The summed E-state index contributed by atoms with van der Waals surface area (Å²) in [6.45, 7) is 6.02. The lowest BCUT2D eigenvalue weighted by Crippen LogP contribution is -2.51. The smallest absolute Gasteiger partial charge is 0.280 e. The Kier molecular flexibility index (Phi) is 5.92. The summed E-state index contributed by atoms with van der Waals surface area (Å²) in [5, 5.41) is 3.53. The third-order valence-electron chi connectivity index (χ3n) is 7.66. The Morgan fingerprint density at radius 1 is 1.05 bits per heavy atom. The zero-order valence-corrected chi connectivity index (χ0v) is 24.0. The van der Waals surface area contributed by atoms with Crippen molar-refractivity contribution in [2.75, 3.05) is 36.3 Å². The number of aromatic nitrogens is 2. The summed E-state index contributed by atoms with van der Waals surface area (Å²) >= 11 is 6.39. The number of anilines is 3. The molecule has 2 aliphatic heterocycles. The summed E-state index contributed by atoms with van der Waals surface area (Å²) in [5.41, 5.74) is 3.86. The number of aryl methyl sites for hydroxylation is 1. The molecule has 0 fully saturated rings. The lowest BCUT2D eigenvalue weighted by molar-refractivity contribution is -0.119. The first kappa shape index (κ1) is 26.0. The van der Waals surface area contributed by atoms with Crippen molar-refractivity contribution >= 4 is 40.5 Å². The van der Waals surface area contributed by atoms with Crippen molar-refractivity contribution in [3.63, 3.8) is 0 Å². The number of hydrogen-bond donors (Lipinski definition) is 1. The van der Waals surface area contributed by atoms with Crippen LogP contribution in [0.3, 0.4) is 0 Å². The van der Waals surface area contributed by atoms with Gasteiger partial charge >= 0.3 is 0 Å². The second kappa shape index (κ2) is 9.13. The summed E-state index contributed by atoms with van der Waals surface area (Å²) in [5.74, 6) is 0.500. The third kappa shape index (κ3) is 3.48. The predicted octanol–water partition coefficient (Wildman–Crippen LogP) is 6.02. The molecule has 4 aromatic rings. The van der Waals surface area contributed by atoms with Gasteiger partial charge in [0, 0.05) is 53.9 Å². The van der Waals surface area contributed by atoms with Crippen LogP contribution in [0.2, 0.25) is 5.02 Å². The van der Waals surface area contributed by atoms with E-state index >= 15 is 0 Å². The maximum Gasteiger partial charge on any atom is 0.280 e. The molecule has 8 nitrogen and oxygen atoms in total. The number of fused-ring (bicyclic) bond motifs is 4. The van der Waals surface area contributed by atoms with E-state index in [4.69, 9.17) is 21.3 Å². The van der Waals surface area contributed by atoms with Crippen molar-refractivity contribution in [1.29, 1.82) is 0 Å². The number of rotatable bonds is 5. The van der Waals surface area contributed by atoms with E-state index in [1.165, 1.54) is 0 Å². The Morgan fingerprint density at radius 3 is 2.50 bits per heavy atom. The third-order valence-corrected chi connectivity index (χ3v) is 7.90. The van der Waals surface area contributed by atoms with Crippen molar-refractivity contribution < 1.29 is 14.3 Å². The molecular weight excluding hydrogens is 526 g/mol. The van der Waals surface area contributed by atoms with E-state index in [0.717, 1.165) is 16.8 Å². The lowest BCUT2D eigenvalue weighted by atomic mass is 9.86. The number of nitrogens with one attached hydrogen (secondary N) is 1. The minimum atomic E-state index is -1.48. The van der Waals surface area contributed by atoms with Crippen LogP contribution in [0.1, 0.15) is 47.2 Å². The van der Waals surface area contributed by atoms with E-state index < -0.39 is 5.54 Å². The van der Waals surface area contributed by atoms with E-state index in [1.807, 2.05) is 80.7 Å². The van der Waals surface area contributed by atoms with Gasteiger partial charge in [-0.2, -0.15) is 0 Å². The summed E-state index contributed by atoms with van der Waals surface area (Å²) in [7, 11) is 5.54. The molecule has 0 saturated carbocycles. The number of imidazole rings is 1. The molecule has 0 radical (unpaired) electrons. The van der Waals surface area contributed by atoms with Gasteiger partial charge in [0.05, 0.1) is 18.4 Å². The molecule has 204 valence electrons. The average Bonchev–Trinajstić information content (AvgIpc) is 3.52. The average molecular weight is 556 g/mol. The molecule has 1 atom stereocenters. The topological polar surface area (TPSA) is 79.7 Å². The van der Waals surface area contributed by atoms with Crippen LogP contribution in [0.4, 0.5) is 17.1 Å². The minimum absolute atomic E-state index is 0.143. The van der Waals surface area contributed by atoms with Crippen LogP contribution in [-0.4, -0.2) is 42.6 Å². The molecule has 40 heavy (non-hydrogen) atoms. The van der Waals surface area contributed by atoms with Crippen molar-refractivity contribution in [3.8, 4) is 17.1 Å². The molecule has 0 aliphatic carbocycles. The zero-order chi connectivity index (χ0) is 28.5. The second-order valence-electron chi connectivity index (χ2n) is 10.7. The van der Waals surface area contributed by atoms with Crippen LogP contribution in [0, 0.1) is 6.92 Å². The van der Waals surface area contributed by atoms with Crippen molar-refractivity contribution in [2.24, 2.45) is 0 Å². The molecule has 2 amide bonds. The summed E-state index contributed by atoms with van der Waals surface area (Å²) in [6.07, 6.45) is 0. The van der Waals surface area contributed by atoms with Crippen LogP contribution < -0.4 is 19.9 Å². The van der Waals surface area contributed by atoms with Gasteiger partial charge in [0.2, 0.25) is 0 Å². The molecule has 1 unspecified atom stereocenters. The summed E-state index contributed by atoms with van der Waals surface area (Å²) in [6, 6.07) is 18.6. The Hall–Kier alpha value is -4.30. The van der Waals surface area contributed by atoms with Crippen LogP contribution >= 0.6 is 11.6 Å². The zero-order valence-electron chi connectivity index (χ0n) is 23.2. The summed E-state index contributed by atoms with van der Waals surface area (Å²) < 4.78 is 7.79. The number of methoxy groups -OCH3 is 1. The standard InChI is InChI=1S/C31H30ClN5O3/c1-17(2)36-27-26(34-28(36)22-12-11-20(35(4)5)16-25(22)40-6)29(38)37(21-9-7-8-19(32)15-21)31(27)23-13-10-18(3)14-24(23)33-30(31)39/h7-17H,1-6H3,(H,33,39).